The Hall–Kier alpha value is -3.39. The van der Waals surface area contributed by atoms with Crippen LogP contribution in [0.3, 0.4) is 0 Å². The van der Waals surface area contributed by atoms with Crippen LogP contribution in [0, 0.1) is 5.41 Å². The second-order valence-electron chi connectivity index (χ2n) is 9.58. The molecule has 1 saturated carbocycles. The molecule has 2 aromatic rings. The topological polar surface area (TPSA) is 125 Å². The van der Waals surface area contributed by atoms with E-state index in [1.807, 2.05) is 31.2 Å². The van der Waals surface area contributed by atoms with Gasteiger partial charge in [-0.3, -0.25) is 4.79 Å². The first-order valence-corrected chi connectivity index (χ1v) is 12.1. The molecular formula is C27H32N2O6. The number of aliphatic hydroxyl groups excluding tert-OH is 1. The van der Waals surface area contributed by atoms with Crippen LogP contribution in [0.5, 0.6) is 0 Å². The normalized spacial score (nSPS) is 21.9. The number of aliphatic carboxylic acids is 1. The van der Waals surface area contributed by atoms with Gasteiger partial charge in [-0.1, -0.05) is 61.4 Å². The van der Waals surface area contributed by atoms with Gasteiger partial charge in [0.05, 0.1) is 5.41 Å². The summed E-state index contributed by atoms with van der Waals surface area (Å²) in [7, 11) is 0. The SMILES string of the molecule is CC1(C(=O)NCC[C@H](O)C(=O)O)CCCCC1NC(=O)OCC1c2ccccc2-c2ccccc21. The van der Waals surface area contributed by atoms with Crippen LogP contribution in [0.4, 0.5) is 4.79 Å². The standard InChI is InChI=1S/C27H32N2O6/c1-27(25(33)28-15-13-22(30)24(31)32)14-7-6-12-23(27)29-26(34)35-16-21-19-10-4-2-8-17(19)18-9-3-5-11-20(18)21/h2-5,8-11,21-23,30H,6-7,12-16H2,1H3,(H,28,33)(H,29,34)(H,31,32)/t22-,23?,27?/m0/s1. The molecule has 2 aliphatic rings. The highest BCUT2D eigenvalue weighted by molar-refractivity contribution is 5.84. The van der Waals surface area contributed by atoms with Gasteiger partial charge in [-0.15, -0.1) is 0 Å². The summed E-state index contributed by atoms with van der Waals surface area (Å²) < 4.78 is 5.67. The van der Waals surface area contributed by atoms with E-state index in [2.05, 4.69) is 34.9 Å². The number of alkyl carbamates (subject to hydrolysis) is 1. The first kappa shape index (κ1) is 24.7. The molecule has 0 bridgehead atoms. The molecule has 8 nitrogen and oxygen atoms in total. The van der Waals surface area contributed by atoms with Gasteiger partial charge in [-0.2, -0.15) is 0 Å². The largest absolute Gasteiger partial charge is 0.479 e. The minimum atomic E-state index is -1.52. The zero-order chi connectivity index (χ0) is 25.0. The third-order valence-corrected chi connectivity index (χ3v) is 7.35. The lowest BCUT2D eigenvalue weighted by Crippen LogP contribution is -2.56. The molecule has 0 aromatic heterocycles. The van der Waals surface area contributed by atoms with Crippen molar-refractivity contribution < 1.29 is 29.3 Å². The van der Waals surface area contributed by atoms with Crippen LogP contribution >= 0.6 is 0 Å². The Balaban J connectivity index is 1.37. The van der Waals surface area contributed by atoms with Crippen molar-refractivity contribution >= 4 is 18.0 Å². The number of carboxylic acids is 1. The minimum absolute atomic E-state index is 0.0412. The number of hydrogen-bond donors (Lipinski definition) is 4. The molecule has 0 heterocycles. The molecular weight excluding hydrogens is 448 g/mol. The number of benzene rings is 2. The summed E-state index contributed by atoms with van der Waals surface area (Å²) in [6.07, 6.45) is 0.810. The summed E-state index contributed by atoms with van der Waals surface area (Å²) in [6, 6.07) is 15.8. The lowest BCUT2D eigenvalue weighted by Gasteiger charge is -2.40. The molecule has 0 spiro atoms. The first-order valence-electron chi connectivity index (χ1n) is 12.1. The van der Waals surface area contributed by atoms with E-state index in [-0.39, 0.29) is 31.4 Å². The number of amides is 2. The quantitative estimate of drug-likeness (QED) is 0.459. The summed E-state index contributed by atoms with van der Waals surface area (Å²) >= 11 is 0. The van der Waals surface area contributed by atoms with E-state index < -0.39 is 29.6 Å². The molecule has 2 unspecified atom stereocenters. The summed E-state index contributed by atoms with van der Waals surface area (Å²) in [5.74, 6) is -1.63. The lowest BCUT2D eigenvalue weighted by atomic mass is 9.71. The fraction of sp³-hybridized carbons (Fsp3) is 0.444. The maximum atomic E-state index is 13.0. The third kappa shape index (κ3) is 5.17. The molecule has 0 radical (unpaired) electrons. The summed E-state index contributed by atoms with van der Waals surface area (Å²) in [4.78, 5) is 36.6. The number of carboxylic acid groups (broad SMARTS) is 1. The highest BCUT2D eigenvalue weighted by Gasteiger charge is 2.44. The van der Waals surface area contributed by atoms with Crippen LogP contribution in [0.15, 0.2) is 48.5 Å². The maximum absolute atomic E-state index is 13.0. The van der Waals surface area contributed by atoms with E-state index in [0.29, 0.717) is 12.8 Å². The van der Waals surface area contributed by atoms with Crippen LogP contribution in [0.25, 0.3) is 11.1 Å². The van der Waals surface area contributed by atoms with E-state index in [0.717, 1.165) is 35.1 Å². The third-order valence-electron chi connectivity index (χ3n) is 7.35. The van der Waals surface area contributed by atoms with Crippen LogP contribution in [0.2, 0.25) is 0 Å². The van der Waals surface area contributed by atoms with Crippen LogP contribution < -0.4 is 10.6 Å². The molecule has 2 amide bonds. The number of nitrogens with one attached hydrogen (secondary N) is 2. The average Bonchev–Trinajstić information content (AvgIpc) is 3.17. The van der Waals surface area contributed by atoms with Gasteiger partial charge in [-0.25, -0.2) is 9.59 Å². The molecule has 2 aliphatic carbocycles. The summed E-state index contributed by atoms with van der Waals surface area (Å²) in [6.45, 7) is 2.05. The number of rotatable bonds is 8. The number of ether oxygens (including phenoxy) is 1. The monoisotopic (exact) mass is 480 g/mol. The van der Waals surface area contributed by atoms with Crippen molar-refractivity contribution in [3.05, 3.63) is 59.7 Å². The molecule has 4 rings (SSSR count). The van der Waals surface area contributed by atoms with Crippen LogP contribution in [-0.2, 0) is 14.3 Å². The van der Waals surface area contributed by atoms with E-state index in [4.69, 9.17) is 9.84 Å². The number of fused-ring (bicyclic) bond motifs is 3. The van der Waals surface area contributed by atoms with Crippen molar-refractivity contribution in [2.45, 2.75) is 57.1 Å². The zero-order valence-corrected chi connectivity index (χ0v) is 19.8. The van der Waals surface area contributed by atoms with Gasteiger partial charge in [-0.05, 0) is 42.0 Å². The Kier molecular flexibility index (Phi) is 7.40. The van der Waals surface area contributed by atoms with Crippen molar-refractivity contribution in [2.24, 2.45) is 5.41 Å². The maximum Gasteiger partial charge on any atom is 0.407 e. The van der Waals surface area contributed by atoms with Crippen LogP contribution in [0.1, 0.15) is 56.1 Å². The number of hydrogen-bond acceptors (Lipinski definition) is 5. The van der Waals surface area contributed by atoms with Crippen molar-refractivity contribution in [1.82, 2.24) is 10.6 Å². The molecule has 8 heteroatoms. The van der Waals surface area contributed by atoms with Crippen LogP contribution in [-0.4, -0.2) is 53.5 Å². The fourth-order valence-corrected chi connectivity index (χ4v) is 5.27. The predicted molar refractivity (Wildman–Crippen MR) is 130 cm³/mol. The average molecular weight is 481 g/mol. The second kappa shape index (κ2) is 10.5. The van der Waals surface area contributed by atoms with E-state index >= 15 is 0 Å². The highest BCUT2D eigenvalue weighted by atomic mass is 16.5. The van der Waals surface area contributed by atoms with Gasteiger partial charge in [0.2, 0.25) is 5.91 Å². The first-order chi connectivity index (χ1) is 16.8. The van der Waals surface area contributed by atoms with Gasteiger partial charge in [0, 0.05) is 24.9 Å². The lowest BCUT2D eigenvalue weighted by molar-refractivity contribution is -0.147. The number of carbonyl (C=O) groups excluding carboxylic acids is 2. The van der Waals surface area contributed by atoms with Crippen molar-refractivity contribution in [1.29, 1.82) is 0 Å². The molecule has 35 heavy (non-hydrogen) atoms. The Morgan fingerprint density at radius 3 is 2.31 bits per heavy atom. The van der Waals surface area contributed by atoms with Crippen molar-refractivity contribution in [3.8, 4) is 11.1 Å². The summed E-state index contributed by atoms with van der Waals surface area (Å²) in [5, 5.41) is 23.9. The number of carbonyl (C=O) groups is 3. The van der Waals surface area contributed by atoms with Gasteiger partial charge in [0.15, 0.2) is 6.10 Å². The van der Waals surface area contributed by atoms with Crippen molar-refractivity contribution in [3.63, 3.8) is 0 Å². The Bertz CT molecular complexity index is 1060. The predicted octanol–water partition coefficient (Wildman–Crippen LogP) is 3.43. The smallest absolute Gasteiger partial charge is 0.407 e. The molecule has 0 saturated heterocycles. The van der Waals surface area contributed by atoms with E-state index in [1.54, 1.807) is 0 Å². The van der Waals surface area contributed by atoms with Gasteiger partial charge in [0.25, 0.3) is 0 Å². The minimum Gasteiger partial charge on any atom is -0.479 e. The van der Waals surface area contributed by atoms with Gasteiger partial charge in [0.1, 0.15) is 6.61 Å². The molecule has 4 N–H and O–H groups in total. The fourth-order valence-electron chi connectivity index (χ4n) is 5.27. The zero-order valence-electron chi connectivity index (χ0n) is 19.8. The summed E-state index contributed by atoms with van der Waals surface area (Å²) in [5.41, 5.74) is 3.72. The van der Waals surface area contributed by atoms with E-state index in [1.165, 1.54) is 0 Å². The van der Waals surface area contributed by atoms with Gasteiger partial charge >= 0.3 is 12.1 Å². The highest BCUT2D eigenvalue weighted by Crippen LogP contribution is 2.44. The molecule has 3 atom stereocenters. The van der Waals surface area contributed by atoms with Gasteiger partial charge < -0.3 is 25.6 Å². The molecule has 0 aliphatic heterocycles. The molecule has 2 aromatic carbocycles. The second-order valence-corrected chi connectivity index (χ2v) is 9.58. The Labute approximate surface area is 204 Å². The van der Waals surface area contributed by atoms with E-state index in [9.17, 15) is 19.5 Å². The van der Waals surface area contributed by atoms with Crippen molar-refractivity contribution in [2.75, 3.05) is 13.2 Å². The number of aliphatic hydroxyl groups is 1. The Morgan fingerprint density at radius 1 is 1.06 bits per heavy atom. The molecule has 1 fully saturated rings. The molecule has 186 valence electrons. The Morgan fingerprint density at radius 2 is 1.69 bits per heavy atom.